The molecule has 0 spiro atoms. The molecule has 7 nitrogen and oxygen atoms in total. The summed E-state index contributed by atoms with van der Waals surface area (Å²) >= 11 is 1.55. The number of methoxy groups -OCH3 is 1. The largest absolute Gasteiger partial charge is 0.465 e. The van der Waals surface area contributed by atoms with Gasteiger partial charge in [0.1, 0.15) is 0 Å². The second-order valence-electron chi connectivity index (χ2n) is 6.14. The van der Waals surface area contributed by atoms with Crippen LogP contribution in [0.5, 0.6) is 0 Å². The van der Waals surface area contributed by atoms with Crippen LogP contribution in [0.3, 0.4) is 0 Å². The number of carbonyl (C=O) groups is 3. The van der Waals surface area contributed by atoms with Gasteiger partial charge in [-0.25, -0.2) is 4.79 Å². The van der Waals surface area contributed by atoms with Crippen LogP contribution in [-0.2, 0) is 14.3 Å². The highest BCUT2D eigenvalue weighted by molar-refractivity contribution is 7.98. The fourth-order valence-electron chi connectivity index (χ4n) is 2.63. The van der Waals surface area contributed by atoms with E-state index in [4.69, 9.17) is 4.74 Å². The predicted octanol–water partition coefficient (Wildman–Crippen LogP) is 1.29. The van der Waals surface area contributed by atoms with Gasteiger partial charge in [0, 0.05) is 4.90 Å². The van der Waals surface area contributed by atoms with Crippen LogP contribution in [0.1, 0.15) is 10.4 Å². The number of thioether (sulfide) groups is 1. The summed E-state index contributed by atoms with van der Waals surface area (Å²) in [5, 5.41) is 5.58. The summed E-state index contributed by atoms with van der Waals surface area (Å²) in [7, 11) is 3.04. The van der Waals surface area contributed by atoms with Crippen molar-refractivity contribution in [2.45, 2.75) is 4.90 Å². The maximum Gasteiger partial charge on any atom is 0.339 e. The van der Waals surface area contributed by atoms with Crippen molar-refractivity contribution in [2.24, 2.45) is 0 Å². The van der Waals surface area contributed by atoms with Crippen molar-refractivity contribution in [3.8, 4) is 0 Å². The lowest BCUT2D eigenvalue weighted by atomic mass is 10.2. The molecule has 0 aliphatic rings. The zero-order chi connectivity index (χ0) is 20.5. The van der Waals surface area contributed by atoms with Gasteiger partial charge in [0.25, 0.3) is 11.8 Å². The molecule has 8 heteroatoms. The summed E-state index contributed by atoms with van der Waals surface area (Å²) in [5.74, 6) is -1.00. The number of benzene rings is 2. The molecule has 148 valence electrons. The van der Waals surface area contributed by atoms with E-state index in [9.17, 15) is 14.4 Å². The van der Waals surface area contributed by atoms with E-state index in [0.717, 1.165) is 10.6 Å². The van der Waals surface area contributed by atoms with Gasteiger partial charge in [0.2, 0.25) is 0 Å². The molecular weight excluding hydrogens is 378 g/mol. The van der Waals surface area contributed by atoms with E-state index in [0.29, 0.717) is 10.6 Å². The maximum absolute atomic E-state index is 12.3. The lowest BCUT2D eigenvalue weighted by molar-refractivity contribution is -0.862. The molecule has 3 N–H and O–H groups in total. The molecule has 0 saturated heterocycles. The Kier molecular flexibility index (Phi) is 8.03. The smallest absolute Gasteiger partial charge is 0.339 e. The molecule has 1 atom stereocenters. The molecule has 0 aromatic heterocycles. The molecule has 0 aliphatic heterocycles. The zero-order valence-electron chi connectivity index (χ0n) is 16.1. The minimum atomic E-state index is -0.525. The first-order valence-corrected chi connectivity index (χ1v) is 9.88. The Morgan fingerprint density at radius 1 is 0.929 bits per heavy atom. The number of rotatable bonds is 8. The molecule has 0 fully saturated rings. The Labute approximate surface area is 168 Å². The molecule has 2 aromatic rings. The molecule has 0 bridgehead atoms. The number of anilines is 2. The van der Waals surface area contributed by atoms with Gasteiger partial charge in [-0.15, -0.1) is 11.8 Å². The van der Waals surface area contributed by atoms with Crippen molar-refractivity contribution in [1.29, 1.82) is 0 Å². The van der Waals surface area contributed by atoms with Gasteiger partial charge in [0.05, 0.1) is 31.1 Å². The van der Waals surface area contributed by atoms with E-state index in [-0.39, 0.29) is 30.5 Å². The van der Waals surface area contributed by atoms with Gasteiger partial charge >= 0.3 is 5.97 Å². The average Bonchev–Trinajstić information content (AvgIpc) is 2.67. The Hall–Kier alpha value is -2.84. The summed E-state index contributed by atoms with van der Waals surface area (Å²) in [5.41, 5.74) is 1.41. The number of ether oxygens (including phenoxy) is 1. The number of hydrogen-bond donors (Lipinski definition) is 3. The Balaban J connectivity index is 1.91. The SMILES string of the molecule is COC(=O)c1ccccc1NC(=O)C[NH+](C)CC(=O)Nc1ccccc1SC. The van der Waals surface area contributed by atoms with Crippen LogP contribution in [0.15, 0.2) is 53.4 Å². The monoisotopic (exact) mass is 402 g/mol. The molecule has 2 rings (SSSR count). The van der Waals surface area contributed by atoms with Crippen LogP contribution in [0, 0.1) is 0 Å². The molecule has 28 heavy (non-hydrogen) atoms. The average molecular weight is 402 g/mol. The Morgan fingerprint density at radius 3 is 2.07 bits per heavy atom. The molecule has 2 aromatic carbocycles. The van der Waals surface area contributed by atoms with Gasteiger partial charge in [0.15, 0.2) is 13.1 Å². The van der Waals surface area contributed by atoms with Crippen molar-refractivity contribution >= 4 is 40.9 Å². The van der Waals surface area contributed by atoms with Crippen molar-refractivity contribution < 1.29 is 24.0 Å². The lowest BCUT2D eigenvalue weighted by Gasteiger charge is -2.15. The summed E-state index contributed by atoms with van der Waals surface area (Å²) in [4.78, 5) is 38.1. The fourth-order valence-corrected chi connectivity index (χ4v) is 3.18. The van der Waals surface area contributed by atoms with E-state index in [1.165, 1.54) is 7.11 Å². The van der Waals surface area contributed by atoms with Crippen molar-refractivity contribution in [3.05, 3.63) is 54.1 Å². The number of para-hydroxylation sites is 2. The minimum absolute atomic E-state index is 0.0765. The number of hydrogen-bond acceptors (Lipinski definition) is 5. The van der Waals surface area contributed by atoms with E-state index < -0.39 is 5.97 Å². The third-order valence-corrected chi connectivity index (χ3v) is 4.71. The quantitative estimate of drug-likeness (QED) is 0.457. The number of likely N-dealkylation sites (N-methyl/N-ethyl adjacent to an activating group) is 1. The lowest BCUT2D eigenvalue weighted by Crippen LogP contribution is -3.11. The highest BCUT2D eigenvalue weighted by atomic mass is 32.2. The van der Waals surface area contributed by atoms with Gasteiger partial charge in [-0.3, -0.25) is 9.59 Å². The maximum atomic E-state index is 12.3. The van der Waals surface area contributed by atoms with Gasteiger partial charge in [-0.05, 0) is 30.5 Å². The highest BCUT2D eigenvalue weighted by Gasteiger charge is 2.18. The van der Waals surface area contributed by atoms with Crippen LogP contribution < -0.4 is 15.5 Å². The molecule has 0 aliphatic carbocycles. The van der Waals surface area contributed by atoms with E-state index >= 15 is 0 Å². The molecule has 0 heterocycles. The summed E-state index contributed by atoms with van der Waals surface area (Å²) in [6.45, 7) is 0.210. The predicted molar refractivity (Wildman–Crippen MR) is 110 cm³/mol. The first-order chi connectivity index (χ1) is 13.4. The fraction of sp³-hybridized carbons (Fsp3) is 0.250. The molecule has 1 unspecified atom stereocenters. The normalized spacial score (nSPS) is 11.4. The topological polar surface area (TPSA) is 88.9 Å². The van der Waals surface area contributed by atoms with E-state index in [2.05, 4.69) is 10.6 Å². The van der Waals surface area contributed by atoms with Crippen molar-refractivity contribution in [2.75, 3.05) is 44.1 Å². The summed E-state index contributed by atoms with van der Waals surface area (Å²) in [6, 6.07) is 14.2. The van der Waals surface area contributed by atoms with Crippen molar-refractivity contribution in [1.82, 2.24) is 0 Å². The Bertz CT molecular complexity index is 857. The first-order valence-electron chi connectivity index (χ1n) is 8.66. The van der Waals surface area contributed by atoms with Crippen molar-refractivity contribution in [3.63, 3.8) is 0 Å². The van der Waals surface area contributed by atoms with E-state index in [1.54, 1.807) is 43.1 Å². The third-order valence-electron chi connectivity index (χ3n) is 3.91. The highest BCUT2D eigenvalue weighted by Crippen LogP contribution is 2.24. The van der Waals surface area contributed by atoms with Crippen LogP contribution in [0.25, 0.3) is 0 Å². The molecule has 0 saturated carbocycles. The number of amides is 2. The molecule has 2 amide bonds. The minimum Gasteiger partial charge on any atom is -0.465 e. The molecule has 0 radical (unpaired) electrons. The van der Waals surface area contributed by atoms with Gasteiger partial charge < -0.3 is 20.3 Å². The zero-order valence-corrected chi connectivity index (χ0v) is 16.9. The summed E-state index contributed by atoms with van der Waals surface area (Å²) in [6.07, 6.45) is 1.94. The van der Waals surface area contributed by atoms with Crippen LogP contribution in [-0.4, -0.2) is 51.3 Å². The van der Waals surface area contributed by atoms with Gasteiger partial charge in [-0.2, -0.15) is 0 Å². The van der Waals surface area contributed by atoms with Crippen LogP contribution in [0.4, 0.5) is 11.4 Å². The van der Waals surface area contributed by atoms with Gasteiger partial charge in [-0.1, -0.05) is 24.3 Å². The van der Waals surface area contributed by atoms with Crippen LogP contribution in [0.2, 0.25) is 0 Å². The van der Waals surface area contributed by atoms with Crippen LogP contribution >= 0.6 is 11.8 Å². The number of carbonyl (C=O) groups excluding carboxylic acids is 3. The Morgan fingerprint density at radius 2 is 1.46 bits per heavy atom. The second-order valence-corrected chi connectivity index (χ2v) is 6.99. The van der Waals surface area contributed by atoms with E-state index in [1.807, 2.05) is 30.5 Å². The summed E-state index contributed by atoms with van der Waals surface area (Å²) < 4.78 is 4.72. The second kappa shape index (κ2) is 10.5. The number of nitrogens with one attached hydrogen (secondary N) is 3. The third kappa shape index (κ3) is 6.11. The number of quaternary nitrogens is 1. The molecular formula is C20H24N3O4S+. The first kappa shape index (κ1) is 21.5. The number of esters is 1. The standard InChI is InChI=1S/C20H23N3O4S/c1-23(13-19(25)22-16-10-6-7-11-17(16)28-3)12-18(24)21-15-9-5-4-8-14(15)20(26)27-2/h4-11H,12-13H2,1-3H3,(H,21,24)(H,22,25)/p+1.